The number of benzene rings is 1. The van der Waals surface area contributed by atoms with Gasteiger partial charge in [0.15, 0.2) is 0 Å². The molecule has 0 aliphatic carbocycles. The molecule has 0 spiro atoms. The molecule has 2 heteroatoms. The van der Waals surface area contributed by atoms with Crippen LogP contribution in [0.1, 0.15) is 11.3 Å². The maximum atomic E-state index is 11.8. The van der Waals surface area contributed by atoms with Crippen LogP contribution < -0.4 is 5.56 Å². The molecule has 0 unspecified atom stereocenters. The van der Waals surface area contributed by atoms with Crippen molar-refractivity contribution in [2.45, 2.75) is 13.8 Å². The average Bonchev–Trinajstić information content (AvgIpc) is 2.17. The molecule has 0 N–H and O–H groups in total. The number of hydrogen-bond donors (Lipinski definition) is 0. The molecule has 2 rings (SSSR count). The van der Waals surface area contributed by atoms with Gasteiger partial charge in [0, 0.05) is 17.4 Å². The van der Waals surface area contributed by atoms with Crippen LogP contribution in [0.4, 0.5) is 0 Å². The van der Waals surface area contributed by atoms with Gasteiger partial charge in [-0.25, -0.2) is 0 Å². The van der Waals surface area contributed by atoms with Crippen molar-refractivity contribution in [3.05, 3.63) is 64.1 Å². The molecule has 76 valence electrons. The topological polar surface area (TPSA) is 22.0 Å². The van der Waals surface area contributed by atoms with E-state index >= 15 is 0 Å². The smallest absolute Gasteiger partial charge is 0.255 e. The van der Waals surface area contributed by atoms with E-state index in [9.17, 15) is 4.79 Å². The SMILES string of the molecule is Cc1cc(C)n(-c2ccccc2)c(=O)c1. The van der Waals surface area contributed by atoms with E-state index in [1.54, 1.807) is 10.6 Å². The summed E-state index contributed by atoms with van der Waals surface area (Å²) in [5, 5.41) is 0. The first-order chi connectivity index (χ1) is 7.18. The third-order valence-electron chi connectivity index (χ3n) is 2.38. The van der Waals surface area contributed by atoms with Crippen molar-refractivity contribution < 1.29 is 0 Å². The van der Waals surface area contributed by atoms with Gasteiger partial charge in [-0.3, -0.25) is 9.36 Å². The minimum atomic E-state index is 0.0266. The van der Waals surface area contributed by atoms with E-state index in [1.165, 1.54) is 0 Å². The fourth-order valence-electron chi connectivity index (χ4n) is 1.78. The molecule has 15 heavy (non-hydrogen) atoms. The lowest BCUT2D eigenvalue weighted by Crippen LogP contribution is -2.19. The highest BCUT2D eigenvalue weighted by Crippen LogP contribution is 2.08. The summed E-state index contributed by atoms with van der Waals surface area (Å²) in [6.07, 6.45) is 0. The lowest BCUT2D eigenvalue weighted by Gasteiger charge is -2.09. The summed E-state index contributed by atoms with van der Waals surface area (Å²) in [7, 11) is 0. The summed E-state index contributed by atoms with van der Waals surface area (Å²) < 4.78 is 1.72. The van der Waals surface area contributed by atoms with Crippen molar-refractivity contribution in [3.8, 4) is 5.69 Å². The molecule has 0 radical (unpaired) electrons. The molecule has 0 atom stereocenters. The zero-order valence-electron chi connectivity index (χ0n) is 8.90. The standard InChI is InChI=1S/C13H13NO/c1-10-8-11(2)14(13(15)9-10)12-6-4-3-5-7-12/h3-9H,1-2H3. The molecule has 0 bridgehead atoms. The second-order valence-corrected chi connectivity index (χ2v) is 3.68. The summed E-state index contributed by atoms with van der Waals surface area (Å²) in [6, 6.07) is 13.3. The van der Waals surface area contributed by atoms with Gasteiger partial charge < -0.3 is 0 Å². The number of aryl methyl sites for hydroxylation is 2. The first-order valence-electron chi connectivity index (χ1n) is 4.94. The first kappa shape index (κ1) is 9.71. The van der Waals surface area contributed by atoms with E-state index in [2.05, 4.69) is 0 Å². The van der Waals surface area contributed by atoms with Gasteiger partial charge in [0.1, 0.15) is 0 Å². The molecule has 0 saturated heterocycles. The fourth-order valence-corrected chi connectivity index (χ4v) is 1.78. The highest BCUT2D eigenvalue weighted by molar-refractivity contribution is 5.34. The summed E-state index contributed by atoms with van der Waals surface area (Å²) >= 11 is 0. The number of para-hydroxylation sites is 1. The van der Waals surface area contributed by atoms with Crippen molar-refractivity contribution in [1.29, 1.82) is 0 Å². The molecular weight excluding hydrogens is 186 g/mol. The summed E-state index contributed by atoms with van der Waals surface area (Å²) in [6.45, 7) is 3.88. The predicted molar refractivity (Wildman–Crippen MR) is 61.5 cm³/mol. The predicted octanol–water partition coefficient (Wildman–Crippen LogP) is 2.45. The Kier molecular flexibility index (Phi) is 2.42. The molecule has 0 aliphatic heterocycles. The molecule has 0 saturated carbocycles. The number of nitrogens with zero attached hydrogens (tertiary/aromatic N) is 1. The zero-order valence-corrected chi connectivity index (χ0v) is 8.90. The number of rotatable bonds is 1. The van der Waals surface area contributed by atoms with Crippen molar-refractivity contribution >= 4 is 0 Å². The van der Waals surface area contributed by atoms with Crippen molar-refractivity contribution in [3.63, 3.8) is 0 Å². The molecule has 2 aromatic rings. The molecular formula is C13H13NO. The second-order valence-electron chi connectivity index (χ2n) is 3.68. The van der Waals surface area contributed by atoms with E-state index in [0.29, 0.717) is 0 Å². The van der Waals surface area contributed by atoms with Crippen molar-refractivity contribution in [2.75, 3.05) is 0 Å². The maximum Gasteiger partial charge on any atom is 0.255 e. The minimum absolute atomic E-state index is 0.0266. The molecule has 1 aromatic carbocycles. The van der Waals surface area contributed by atoms with E-state index in [0.717, 1.165) is 16.9 Å². The Morgan fingerprint density at radius 1 is 1.00 bits per heavy atom. The van der Waals surface area contributed by atoms with Gasteiger partial charge >= 0.3 is 0 Å². The van der Waals surface area contributed by atoms with E-state index in [4.69, 9.17) is 0 Å². The van der Waals surface area contributed by atoms with Crippen LogP contribution in [0.3, 0.4) is 0 Å². The zero-order chi connectivity index (χ0) is 10.8. The highest BCUT2D eigenvalue weighted by atomic mass is 16.1. The van der Waals surface area contributed by atoms with E-state index in [1.807, 2.05) is 50.2 Å². The maximum absolute atomic E-state index is 11.8. The number of aromatic nitrogens is 1. The molecule has 1 heterocycles. The molecule has 0 amide bonds. The van der Waals surface area contributed by atoms with Gasteiger partial charge in [-0.2, -0.15) is 0 Å². The van der Waals surface area contributed by atoms with Gasteiger partial charge in [0.2, 0.25) is 0 Å². The van der Waals surface area contributed by atoms with Crippen LogP contribution in [0.25, 0.3) is 5.69 Å². The summed E-state index contributed by atoms with van der Waals surface area (Å²) in [5.74, 6) is 0. The van der Waals surface area contributed by atoms with Gasteiger partial charge in [-0.05, 0) is 37.6 Å². The lowest BCUT2D eigenvalue weighted by molar-refractivity contribution is 0.927. The third kappa shape index (κ3) is 1.84. The van der Waals surface area contributed by atoms with Crippen LogP contribution in [0.15, 0.2) is 47.3 Å². The Labute approximate surface area is 88.8 Å². The number of hydrogen-bond acceptors (Lipinski definition) is 1. The highest BCUT2D eigenvalue weighted by Gasteiger charge is 2.02. The summed E-state index contributed by atoms with van der Waals surface area (Å²) in [5.41, 5.74) is 2.91. The monoisotopic (exact) mass is 199 g/mol. The van der Waals surface area contributed by atoms with Crippen LogP contribution in [-0.2, 0) is 0 Å². The second kappa shape index (κ2) is 3.73. The third-order valence-corrected chi connectivity index (χ3v) is 2.38. The van der Waals surface area contributed by atoms with Gasteiger partial charge in [0.25, 0.3) is 5.56 Å². The van der Waals surface area contributed by atoms with Crippen LogP contribution in [0, 0.1) is 13.8 Å². The van der Waals surface area contributed by atoms with Gasteiger partial charge in [-0.15, -0.1) is 0 Å². The quantitative estimate of drug-likeness (QED) is 0.691. The number of pyridine rings is 1. The van der Waals surface area contributed by atoms with Crippen molar-refractivity contribution in [2.24, 2.45) is 0 Å². The van der Waals surface area contributed by atoms with Crippen LogP contribution in [0.2, 0.25) is 0 Å². The minimum Gasteiger partial charge on any atom is -0.282 e. The van der Waals surface area contributed by atoms with Gasteiger partial charge in [-0.1, -0.05) is 18.2 Å². The molecule has 1 aromatic heterocycles. The molecule has 0 aliphatic rings. The summed E-state index contributed by atoms with van der Waals surface area (Å²) in [4.78, 5) is 11.8. The Morgan fingerprint density at radius 2 is 1.67 bits per heavy atom. The average molecular weight is 199 g/mol. The largest absolute Gasteiger partial charge is 0.282 e. The van der Waals surface area contributed by atoms with E-state index < -0.39 is 0 Å². The van der Waals surface area contributed by atoms with Gasteiger partial charge in [0.05, 0.1) is 0 Å². The van der Waals surface area contributed by atoms with Crippen LogP contribution in [-0.4, -0.2) is 4.57 Å². The molecule has 0 fully saturated rings. The Bertz CT molecular complexity index is 526. The Hall–Kier alpha value is -1.83. The fraction of sp³-hybridized carbons (Fsp3) is 0.154. The molecule has 2 nitrogen and oxygen atoms in total. The normalized spacial score (nSPS) is 10.3. The van der Waals surface area contributed by atoms with Crippen LogP contribution >= 0.6 is 0 Å². The lowest BCUT2D eigenvalue weighted by atomic mass is 10.2. The van der Waals surface area contributed by atoms with Crippen molar-refractivity contribution in [1.82, 2.24) is 4.57 Å². The Balaban J connectivity index is 2.69. The van der Waals surface area contributed by atoms with Crippen LogP contribution in [0.5, 0.6) is 0 Å². The van der Waals surface area contributed by atoms with E-state index in [-0.39, 0.29) is 5.56 Å². The first-order valence-corrected chi connectivity index (χ1v) is 4.94. The Morgan fingerprint density at radius 3 is 2.27 bits per heavy atom.